The minimum atomic E-state index is -0.149. The predicted molar refractivity (Wildman–Crippen MR) is 90.9 cm³/mol. The van der Waals surface area contributed by atoms with Gasteiger partial charge in [-0.15, -0.1) is 0 Å². The summed E-state index contributed by atoms with van der Waals surface area (Å²) in [4.78, 5) is 12.4. The summed E-state index contributed by atoms with van der Waals surface area (Å²) in [5, 5.41) is 0.951. The van der Waals surface area contributed by atoms with Gasteiger partial charge in [-0.25, -0.2) is 0 Å². The summed E-state index contributed by atoms with van der Waals surface area (Å²) in [7, 11) is 0. The third-order valence-corrected chi connectivity index (χ3v) is 4.32. The zero-order valence-corrected chi connectivity index (χ0v) is 14.1. The van der Waals surface area contributed by atoms with Crippen LogP contribution < -0.4 is 10.2 Å². The van der Waals surface area contributed by atoms with Crippen molar-refractivity contribution in [3.63, 3.8) is 0 Å². The number of fused-ring (bicyclic) bond motifs is 2. The Morgan fingerprint density at radius 2 is 2.00 bits per heavy atom. The lowest BCUT2D eigenvalue weighted by Crippen LogP contribution is -2.12. The number of hydrogen-bond donors (Lipinski definition) is 0. The van der Waals surface area contributed by atoms with E-state index < -0.39 is 0 Å². The van der Waals surface area contributed by atoms with Crippen LogP contribution in [0.4, 0.5) is 0 Å². The molecule has 1 aliphatic rings. The van der Waals surface area contributed by atoms with E-state index in [0.717, 1.165) is 10.0 Å². The molecule has 4 rings (SSSR count). The molecule has 0 N–H and O–H groups in total. The van der Waals surface area contributed by atoms with E-state index in [1.807, 2.05) is 12.1 Å². The van der Waals surface area contributed by atoms with E-state index in [-0.39, 0.29) is 12.2 Å². The molecule has 6 heteroatoms. The zero-order valence-electron chi connectivity index (χ0n) is 11.8. The first-order chi connectivity index (χ1) is 11.1. The van der Waals surface area contributed by atoms with Crippen molar-refractivity contribution in [2.75, 3.05) is 6.79 Å². The van der Waals surface area contributed by atoms with Gasteiger partial charge in [0.2, 0.25) is 0 Å². The lowest BCUT2D eigenvalue weighted by Gasteiger charge is -2.20. The molecule has 116 valence electrons. The van der Waals surface area contributed by atoms with E-state index in [4.69, 9.17) is 25.5 Å². The molecule has 0 atom stereocenters. The van der Waals surface area contributed by atoms with E-state index in [2.05, 4.69) is 15.9 Å². The van der Waals surface area contributed by atoms with Crippen LogP contribution in [0.3, 0.4) is 0 Å². The van der Waals surface area contributed by atoms with Gasteiger partial charge in [-0.2, -0.15) is 0 Å². The summed E-state index contributed by atoms with van der Waals surface area (Å²) in [6.07, 6.45) is 0. The number of hydrogen-bond acceptors (Lipinski definition) is 4. The number of benzene rings is 2. The zero-order chi connectivity index (χ0) is 16.0. The fourth-order valence-corrected chi connectivity index (χ4v) is 3.30. The van der Waals surface area contributed by atoms with Gasteiger partial charge in [0.05, 0.1) is 17.6 Å². The normalized spacial score (nSPS) is 13.7. The van der Waals surface area contributed by atoms with Gasteiger partial charge >= 0.3 is 0 Å². The van der Waals surface area contributed by atoms with Crippen molar-refractivity contribution in [1.29, 1.82) is 0 Å². The van der Waals surface area contributed by atoms with Gasteiger partial charge < -0.3 is 13.9 Å². The summed E-state index contributed by atoms with van der Waals surface area (Å²) in [5.74, 6) is 1.13. The van der Waals surface area contributed by atoms with Gasteiger partial charge in [0.1, 0.15) is 17.1 Å². The molecular weight excluding hydrogens is 384 g/mol. The Morgan fingerprint density at radius 1 is 1.13 bits per heavy atom. The third-order valence-electron chi connectivity index (χ3n) is 3.63. The van der Waals surface area contributed by atoms with Crippen molar-refractivity contribution < 1.29 is 13.9 Å². The van der Waals surface area contributed by atoms with E-state index in [9.17, 15) is 4.79 Å². The van der Waals surface area contributed by atoms with Crippen molar-refractivity contribution in [2.45, 2.75) is 6.61 Å². The summed E-state index contributed by atoms with van der Waals surface area (Å²) in [6, 6.07) is 10.2. The highest BCUT2D eigenvalue weighted by Gasteiger charge is 2.20. The predicted octanol–water partition coefficient (Wildman–Crippen LogP) is 4.74. The minimum absolute atomic E-state index is 0.149. The highest BCUT2D eigenvalue weighted by atomic mass is 79.9. The van der Waals surface area contributed by atoms with Crippen LogP contribution in [-0.4, -0.2) is 6.79 Å². The van der Waals surface area contributed by atoms with Crippen molar-refractivity contribution in [3.05, 3.63) is 61.7 Å². The van der Waals surface area contributed by atoms with Crippen LogP contribution in [-0.2, 0) is 11.3 Å². The quantitative estimate of drug-likeness (QED) is 0.599. The maximum absolute atomic E-state index is 12.4. The summed E-state index contributed by atoms with van der Waals surface area (Å²) >= 11 is 9.41. The molecule has 0 saturated heterocycles. The molecule has 0 fully saturated rings. The summed E-state index contributed by atoms with van der Waals surface area (Å²) < 4.78 is 17.7. The van der Waals surface area contributed by atoms with Crippen LogP contribution >= 0.6 is 27.5 Å². The fourth-order valence-electron chi connectivity index (χ4n) is 2.62. The Kier molecular flexibility index (Phi) is 3.64. The maximum atomic E-state index is 12.4. The Balaban J connectivity index is 1.98. The van der Waals surface area contributed by atoms with Crippen molar-refractivity contribution in [2.24, 2.45) is 0 Å². The summed E-state index contributed by atoms with van der Waals surface area (Å²) in [6.45, 7) is 0.629. The second-order valence-electron chi connectivity index (χ2n) is 5.17. The van der Waals surface area contributed by atoms with E-state index in [1.165, 1.54) is 6.07 Å². The number of ether oxygens (including phenoxy) is 2. The Labute approximate surface area is 144 Å². The highest BCUT2D eigenvalue weighted by molar-refractivity contribution is 9.10. The summed E-state index contributed by atoms with van der Waals surface area (Å²) in [5.41, 5.74) is 1.95. The molecule has 2 aromatic carbocycles. The van der Waals surface area contributed by atoms with Crippen LogP contribution in [0.2, 0.25) is 5.02 Å². The van der Waals surface area contributed by atoms with E-state index in [0.29, 0.717) is 39.7 Å². The first-order valence-electron chi connectivity index (χ1n) is 6.88. The second-order valence-corrected chi connectivity index (χ2v) is 6.52. The van der Waals surface area contributed by atoms with Gasteiger partial charge in [-0.3, -0.25) is 4.79 Å². The maximum Gasteiger partial charge on any atom is 0.193 e. The number of rotatable bonds is 1. The van der Waals surface area contributed by atoms with Crippen molar-refractivity contribution in [3.8, 4) is 17.1 Å². The molecular formula is C17H10BrClO4. The molecule has 4 nitrogen and oxygen atoms in total. The van der Waals surface area contributed by atoms with Gasteiger partial charge in [-0.1, -0.05) is 27.5 Å². The van der Waals surface area contributed by atoms with E-state index in [1.54, 1.807) is 18.2 Å². The number of halogens is 2. The molecule has 23 heavy (non-hydrogen) atoms. The molecule has 2 heterocycles. The van der Waals surface area contributed by atoms with Crippen LogP contribution in [0.5, 0.6) is 5.75 Å². The molecule has 0 unspecified atom stereocenters. The van der Waals surface area contributed by atoms with Gasteiger partial charge in [0.15, 0.2) is 12.2 Å². The topological polar surface area (TPSA) is 48.7 Å². The van der Waals surface area contributed by atoms with E-state index >= 15 is 0 Å². The van der Waals surface area contributed by atoms with Crippen LogP contribution in [0.25, 0.3) is 22.3 Å². The van der Waals surface area contributed by atoms with Crippen LogP contribution in [0.1, 0.15) is 5.56 Å². The monoisotopic (exact) mass is 392 g/mol. The van der Waals surface area contributed by atoms with Gasteiger partial charge in [0.25, 0.3) is 0 Å². The molecule has 1 aromatic heterocycles. The Bertz CT molecular complexity index is 980. The van der Waals surface area contributed by atoms with Gasteiger partial charge in [-0.05, 0) is 30.3 Å². The molecule has 0 saturated carbocycles. The molecule has 1 aliphatic heterocycles. The minimum Gasteiger partial charge on any atom is -0.466 e. The van der Waals surface area contributed by atoms with Crippen molar-refractivity contribution in [1.82, 2.24) is 0 Å². The van der Waals surface area contributed by atoms with Gasteiger partial charge in [0, 0.05) is 21.1 Å². The molecule has 0 spiro atoms. The first-order valence-corrected chi connectivity index (χ1v) is 8.06. The van der Waals surface area contributed by atoms with Crippen LogP contribution in [0.15, 0.2) is 50.1 Å². The van der Waals surface area contributed by atoms with Crippen molar-refractivity contribution >= 4 is 38.5 Å². The molecule has 3 aromatic rings. The Morgan fingerprint density at radius 3 is 2.87 bits per heavy atom. The third kappa shape index (κ3) is 2.65. The Hall–Kier alpha value is -1.82. The largest absolute Gasteiger partial charge is 0.466 e. The SMILES string of the molecule is O=c1cc(-c2cc(Br)cc3c2OCOC3)oc2ccc(Cl)cc12. The highest BCUT2D eigenvalue weighted by Crippen LogP contribution is 2.38. The average Bonchev–Trinajstić information content (AvgIpc) is 2.54. The fraction of sp³-hybridized carbons (Fsp3) is 0.118. The molecule has 0 amide bonds. The molecule has 0 bridgehead atoms. The lowest BCUT2D eigenvalue weighted by molar-refractivity contribution is -0.0160. The molecule has 0 radical (unpaired) electrons. The van der Waals surface area contributed by atoms with Crippen LogP contribution in [0, 0.1) is 0 Å². The average molecular weight is 394 g/mol. The lowest BCUT2D eigenvalue weighted by atomic mass is 10.1. The standard InChI is InChI=1S/C17H10BrClO4/c18-10-3-9-7-21-8-22-17(9)13(4-10)16-6-14(20)12-5-11(19)1-2-15(12)23-16/h1-6H,7-8H2. The first kappa shape index (κ1) is 14.8. The second kappa shape index (κ2) is 5.67. The smallest absolute Gasteiger partial charge is 0.193 e. The molecule has 0 aliphatic carbocycles.